The van der Waals surface area contributed by atoms with E-state index < -0.39 is 13.0 Å². The third-order valence-electron chi connectivity index (χ3n) is 2.51. The van der Waals surface area contributed by atoms with Crippen molar-refractivity contribution < 1.29 is 13.5 Å². The van der Waals surface area contributed by atoms with Crippen molar-refractivity contribution in [1.29, 1.82) is 0 Å². The van der Waals surface area contributed by atoms with Gasteiger partial charge in [0.15, 0.2) is 0 Å². The average molecular weight is 399 g/mol. The fourth-order valence-corrected chi connectivity index (χ4v) is 2.38. The molecule has 0 aliphatic rings. The molecule has 0 aliphatic heterocycles. The van der Waals surface area contributed by atoms with Gasteiger partial charge in [0.2, 0.25) is 0 Å². The van der Waals surface area contributed by atoms with Crippen molar-refractivity contribution in [1.82, 2.24) is 9.97 Å². The van der Waals surface area contributed by atoms with Gasteiger partial charge >= 0.3 is 0 Å². The summed E-state index contributed by atoms with van der Waals surface area (Å²) in [6, 6.07) is 0. The zero-order valence-corrected chi connectivity index (χ0v) is 13.9. The maximum atomic E-state index is 12.0. The SMILES string of the molecule is CCCc1nc(CCOCC(F)F)nc(NCC)c1I. The van der Waals surface area contributed by atoms with Crippen LogP contribution in [-0.2, 0) is 17.6 Å². The standard InChI is InChI=1S/C13H20F2IN3O/c1-3-5-9-12(16)13(17-4-2)19-11(18-9)6-7-20-8-10(14)15/h10H,3-8H2,1-2H3,(H,17,18,19). The highest BCUT2D eigenvalue weighted by atomic mass is 127. The van der Waals surface area contributed by atoms with Gasteiger partial charge in [-0.1, -0.05) is 13.3 Å². The maximum Gasteiger partial charge on any atom is 0.261 e. The van der Waals surface area contributed by atoms with Gasteiger partial charge in [-0.05, 0) is 35.9 Å². The first-order valence-corrected chi connectivity index (χ1v) is 7.81. The van der Waals surface area contributed by atoms with Gasteiger partial charge < -0.3 is 10.1 Å². The minimum absolute atomic E-state index is 0.210. The van der Waals surface area contributed by atoms with Crippen LogP contribution in [0.3, 0.4) is 0 Å². The summed E-state index contributed by atoms with van der Waals surface area (Å²) in [5.41, 5.74) is 1.00. The number of nitrogens with zero attached hydrogens (tertiary/aromatic N) is 2. The Morgan fingerprint density at radius 1 is 1.25 bits per heavy atom. The molecule has 114 valence electrons. The van der Waals surface area contributed by atoms with Crippen LogP contribution < -0.4 is 5.32 Å². The number of rotatable bonds is 9. The Balaban J connectivity index is 2.73. The van der Waals surface area contributed by atoms with E-state index >= 15 is 0 Å². The van der Waals surface area contributed by atoms with Gasteiger partial charge in [0.1, 0.15) is 18.2 Å². The summed E-state index contributed by atoms with van der Waals surface area (Å²) in [5, 5.41) is 3.20. The smallest absolute Gasteiger partial charge is 0.261 e. The molecule has 0 saturated carbocycles. The van der Waals surface area contributed by atoms with Crippen LogP contribution >= 0.6 is 22.6 Å². The molecule has 7 heteroatoms. The van der Waals surface area contributed by atoms with E-state index in [0.717, 1.165) is 34.5 Å². The number of nitrogens with one attached hydrogen (secondary N) is 1. The third kappa shape index (κ3) is 5.82. The Morgan fingerprint density at radius 2 is 2.00 bits per heavy atom. The van der Waals surface area contributed by atoms with Crippen LogP contribution in [0, 0.1) is 3.57 Å². The highest BCUT2D eigenvalue weighted by Crippen LogP contribution is 2.20. The minimum atomic E-state index is -2.43. The molecule has 1 aromatic rings. The zero-order chi connectivity index (χ0) is 15.0. The summed E-state index contributed by atoms with van der Waals surface area (Å²) in [6.45, 7) is 4.55. The van der Waals surface area contributed by atoms with Gasteiger partial charge in [-0.15, -0.1) is 0 Å². The molecule has 0 spiro atoms. The molecular formula is C13H20F2IN3O. The Hall–Kier alpha value is -0.570. The van der Waals surface area contributed by atoms with Crippen LogP contribution in [0.2, 0.25) is 0 Å². The summed E-state index contributed by atoms with van der Waals surface area (Å²) in [5.74, 6) is 1.45. The van der Waals surface area contributed by atoms with Crippen LogP contribution in [0.15, 0.2) is 0 Å². The molecule has 20 heavy (non-hydrogen) atoms. The van der Waals surface area contributed by atoms with E-state index in [2.05, 4.69) is 44.8 Å². The second-order valence-corrected chi connectivity index (χ2v) is 5.32. The molecule has 1 heterocycles. The summed E-state index contributed by atoms with van der Waals surface area (Å²) in [4.78, 5) is 8.92. The molecule has 0 atom stereocenters. The Morgan fingerprint density at radius 3 is 2.60 bits per heavy atom. The van der Waals surface area contributed by atoms with E-state index in [1.807, 2.05) is 6.92 Å². The number of halogens is 3. The molecule has 4 nitrogen and oxygen atoms in total. The minimum Gasteiger partial charge on any atom is -0.375 e. The molecule has 0 aromatic carbocycles. The van der Waals surface area contributed by atoms with Crippen LogP contribution in [0.25, 0.3) is 0 Å². The molecule has 1 aromatic heterocycles. The second-order valence-electron chi connectivity index (χ2n) is 4.25. The molecule has 0 amide bonds. The normalized spacial score (nSPS) is 11.1. The molecule has 1 rings (SSSR count). The number of aromatic nitrogens is 2. The van der Waals surface area contributed by atoms with Crippen molar-refractivity contribution in [3.63, 3.8) is 0 Å². The van der Waals surface area contributed by atoms with Crippen molar-refractivity contribution in [2.45, 2.75) is 39.5 Å². The van der Waals surface area contributed by atoms with Gasteiger partial charge in [-0.2, -0.15) is 0 Å². The first kappa shape index (κ1) is 17.5. The van der Waals surface area contributed by atoms with Crippen molar-refractivity contribution in [3.05, 3.63) is 15.1 Å². The maximum absolute atomic E-state index is 12.0. The van der Waals surface area contributed by atoms with Gasteiger partial charge in [-0.25, -0.2) is 18.7 Å². The molecule has 1 N–H and O–H groups in total. The Labute approximate surface area is 131 Å². The largest absolute Gasteiger partial charge is 0.375 e. The van der Waals surface area contributed by atoms with Crippen molar-refractivity contribution in [3.8, 4) is 0 Å². The van der Waals surface area contributed by atoms with Gasteiger partial charge in [-0.3, -0.25) is 0 Å². The topological polar surface area (TPSA) is 47.0 Å². The molecule has 0 fully saturated rings. The van der Waals surface area contributed by atoms with Crippen molar-refractivity contribution in [2.24, 2.45) is 0 Å². The van der Waals surface area contributed by atoms with Crippen LogP contribution in [0.4, 0.5) is 14.6 Å². The van der Waals surface area contributed by atoms with E-state index in [1.165, 1.54) is 0 Å². The summed E-state index contributed by atoms with van der Waals surface area (Å²) in [7, 11) is 0. The van der Waals surface area contributed by atoms with E-state index in [-0.39, 0.29) is 6.61 Å². The first-order chi connectivity index (χ1) is 9.58. The molecule has 0 aliphatic carbocycles. The monoisotopic (exact) mass is 399 g/mol. The lowest BCUT2D eigenvalue weighted by Gasteiger charge is -2.12. The number of aryl methyl sites for hydroxylation is 1. The van der Waals surface area contributed by atoms with Crippen molar-refractivity contribution >= 4 is 28.4 Å². The van der Waals surface area contributed by atoms with Crippen LogP contribution in [0.1, 0.15) is 31.8 Å². The number of anilines is 1. The summed E-state index contributed by atoms with van der Waals surface area (Å²) < 4.78 is 29.9. The van der Waals surface area contributed by atoms with Gasteiger partial charge in [0, 0.05) is 13.0 Å². The molecule has 0 saturated heterocycles. The summed E-state index contributed by atoms with van der Waals surface area (Å²) in [6.07, 6.45) is -0.108. The molecule has 0 radical (unpaired) electrons. The lowest BCUT2D eigenvalue weighted by atomic mass is 10.2. The lowest BCUT2D eigenvalue weighted by Crippen LogP contribution is -2.13. The third-order valence-corrected chi connectivity index (χ3v) is 3.64. The molecule has 0 unspecified atom stereocenters. The van der Waals surface area contributed by atoms with Gasteiger partial charge in [0.25, 0.3) is 6.43 Å². The van der Waals surface area contributed by atoms with E-state index in [1.54, 1.807) is 0 Å². The van der Waals surface area contributed by atoms with Crippen molar-refractivity contribution in [2.75, 3.05) is 25.1 Å². The fraction of sp³-hybridized carbons (Fsp3) is 0.692. The Bertz CT molecular complexity index is 392. The van der Waals surface area contributed by atoms with E-state index in [9.17, 15) is 8.78 Å². The zero-order valence-electron chi connectivity index (χ0n) is 11.8. The predicted octanol–water partition coefficient (Wildman–Crippen LogP) is 3.29. The molecular weight excluding hydrogens is 379 g/mol. The number of hydrogen-bond acceptors (Lipinski definition) is 4. The highest BCUT2D eigenvalue weighted by molar-refractivity contribution is 14.1. The molecule has 0 bridgehead atoms. The second kappa shape index (κ2) is 9.38. The van der Waals surface area contributed by atoms with Crippen LogP contribution in [-0.4, -0.2) is 36.2 Å². The highest BCUT2D eigenvalue weighted by Gasteiger charge is 2.11. The summed E-state index contributed by atoms with van der Waals surface area (Å²) >= 11 is 2.24. The number of alkyl halides is 2. The quantitative estimate of drug-likeness (QED) is 0.512. The Kier molecular flexibility index (Phi) is 8.20. The lowest BCUT2D eigenvalue weighted by molar-refractivity contribution is 0.0183. The predicted molar refractivity (Wildman–Crippen MR) is 83.4 cm³/mol. The van der Waals surface area contributed by atoms with E-state index in [4.69, 9.17) is 4.74 Å². The van der Waals surface area contributed by atoms with E-state index in [0.29, 0.717) is 12.2 Å². The van der Waals surface area contributed by atoms with Gasteiger partial charge in [0.05, 0.1) is 15.9 Å². The fourth-order valence-electron chi connectivity index (χ4n) is 1.68. The number of hydrogen-bond donors (Lipinski definition) is 1. The number of ether oxygens (including phenoxy) is 1. The van der Waals surface area contributed by atoms with Crippen LogP contribution in [0.5, 0.6) is 0 Å². The first-order valence-electron chi connectivity index (χ1n) is 6.73. The average Bonchev–Trinajstić information content (AvgIpc) is 2.40.